The number of anilines is 1. The van der Waals surface area contributed by atoms with Crippen LogP contribution in [0.2, 0.25) is 0 Å². The summed E-state index contributed by atoms with van der Waals surface area (Å²) in [5, 5.41) is 9.78. The van der Waals surface area contributed by atoms with Crippen molar-refractivity contribution in [1.29, 1.82) is 0 Å². The number of nitrogens with one attached hydrogen (secondary N) is 1. The fourth-order valence-electron chi connectivity index (χ4n) is 2.36. The van der Waals surface area contributed by atoms with Crippen LogP contribution in [0, 0.1) is 0 Å². The second kappa shape index (κ2) is 3.99. The Morgan fingerprint density at radius 2 is 1.85 bits per heavy atom. The number of hydrogen-bond donors (Lipinski definition) is 2. The molecule has 0 bridgehead atoms. The number of nitrogens with two attached hydrogens (primary N) is 1. The van der Waals surface area contributed by atoms with E-state index in [1.54, 1.807) is 12.4 Å². The average Bonchev–Trinajstić information content (AvgIpc) is 2.94. The number of nitrogen functional groups attached to an aromatic ring is 1. The van der Waals surface area contributed by atoms with E-state index in [2.05, 4.69) is 25.1 Å². The summed E-state index contributed by atoms with van der Waals surface area (Å²) in [6.45, 7) is 0. The topological polar surface area (TPSA) is 93.4 Å². The van der Waals surface area contributed by atoms with Crippen LogP contribution in [0.1, 0.15) is 0 Å². The third-order valence-electron chi connectivity index (χ3n) is 3.25. The van der Waals surface area contributed by atoms with Gasteiger partial charge in [-0.3, -0.25) is 10.1 Å². The maximum absolute atomic E-state index is 5.77. The number of nitrogens with zero attached hydrogens (tertiary/aromatic N) is 4. The Morgan fingerprint density at radius 3 is 2.80 bits per heavy atom. The molecule has 1 aromatic carbocycles. The van der Waals surface area contributed by atoms with Gasteiger partial charge in [0.2, 0.25) is 5.95 Å². The van der Waals surface area contributed by atoms with Crippen molar-refractivity contribution < 1.29 is 0 Å². The summed E-state index contributed by atoms with van der Waals surface area (Å²) in [6, 6.07) is 8.03. The molecule has 0 saturated heterocycles. The molecule has 0 spiro atoms. The summed E-state index contributed by atoms with van der Waals surface area (Å²) in [5.41, 5.74) is 8.06. The third-order valence-corrected chi connectivity index (χ3v) is 3.25. The van der Waals surface area contributed by atoms with Crippen LogP contribution in [0.15, 0.2) is 42.9 Å². The van der Waals surface area contributed by atoms with Gasteiger partial charge in [0.05, 0.1) is 17.3 Å². The lowest BCUT2D eigenvalue weighted by Gasteiger charge is -2.06. The predicted molar refractivity (Wildman–Crippen MR) is 76.8 cm³/mol. The van der Waals surface area contributed by atoms with Crippen LogP contribution < -0.4 is 5.73 Å². The van der Waals surface area contributed by atoms with Crippen LogP contribution in [0.5, 0.6) is 0 Å². The van der Waals surface area contributed by atoms with E-state index >= 15 is 0 Å². The van der Waals surface area contributed by atoms with Crippen molar-refractivity contribution in [3.63, 3.8) is 0 Å². The van der Waals surface area contributed by atoms with E-state index in [0.717, 1.165) is 27.4 Å². The van der Waals surface area contributed by atoms with Gasteiger partial charge in [-0.15, -0.1) is 0 Å². The third kappa shape index (κ3) is 1.51. The van der Waals surface area contributed by atoms with Crippen LogP contribution >= 0.6 is 0 Å². The zero-order chi connectivity index (χ0) is 13.5. The molecular formula is C14H10N6. The number of hydrogen-bond acceptors (Lipinski definition) is 5. The molecule has 0 radical (unpaired) electrons. The van der Waals surface area contributed by atoms with Gasteiger partial charge >= 0.3 is 0 Å². The maximum Gasteiger partial charge on any atom is 0.222 e. The summed E-state index contributed by atoms with van der Waals surface area (Å²) in [6.07, 6.45) is 5.32. The Kier molecular flexibility index (Phi) is 2.17. The van der Waals surface area contributed by atoms with Gasteiger partial charge in [0.25, 0.3) is 0 Å². The first-order valence-corrected chi connectivity index (χ1v) is 6.12. The van der Waals surface area contributed by atoms with Gasteiger partial charge in [0.1, 0.15) is 0 Å². The highest BCUT2D eigenvalue weighted by molar-refractivity contribution is 6.01. The van der Waals surface area contributed by atoms with Crippen molar-refractivity contribution in [3.05, 3.63) is 42.9 Å². The molecule has 0 unspecified atom stereocenters. The van der Waals surface area contributed by atoms with Gasteiger partial charge < -0.3 is 5.73 Å². The van der Waals surface area contributed by atoms with E-state index in [1.165, 1.54) is 0 Å². The summed E-state index contributed by atoms with van der Waals surface area (Å²) in [5.74, 6) is 0.213. The molecule has 0 atom stereocenters. The highest BCUT2D eigenvalue weighted by atomic mass is 15.2. The highest BCUT2D eigenvalue weighted by Gasteiger charge is 2.12. The van der Waals surface area contributed by atoms with E-state index < -0.39 is 0 Å². The van der Waals surface area contributed by atoms with Gasteiger partial charge in [0.15, 0.2) is 5.65 Å². The largest absolute Gasteiger partial charge is 0.368 e. The van der Waals surface area contributed by atoms with Gasteiger partial charge in [-0.2, -0.15) is 10.1 Å². The van der Waals surface area contributed by atoms with Crippen molar-refractivity contribution in [3.8, 4) is 11.3 Å². The minimum Gasteiger partial charge on any atom is -0.368 e. The lowest BCUT2D eigenvalue weighted by Crippen LogP contribution is -1.98. The molecular weight excluding hydrogens is 252 g/mol. The minimum atomic E-state index is 0.213. The molecule has 0 fully saturated rings. The zero-order valence-corrected chi connectivity index (χ0v) is 10.4. The Labute approximate surface area is 113 Å². The van der Waals surface area contributed by atoms with Crippen LogP contribution in [0.3, 0.4) is 0 Å². The summed E-state index contributed by atoms with van der Waals surface area (Å²) in [4.78, 5) is 12.8. The fraction of sp³-hybridized carbons (Fsp3) is 0. The number of rotatable bonds is 1. The molecule has 0 aliphatic carbocycles. The van der Waals surface area contributed by atoms with Crippen molar-refractivity contribution in [1.82, 2.24) is 25.1 Å². The summed E-state index contributed by atoms with van der Waals surface area (Å²) < 4.78 is 0. The fourth-order valence-corrected chi connectivity index (χ4v) is 2.36. The standard InChI is InChI=1S/C14H10N6/c15-14-18-12(11-7-17-20-13(11)19-14)10-6-16-5-8-3-1-2-4-9(8)10/h1-7H,(H3,15,17,18,19,20). The molecule has 96 valence electrons. The van der Waals surface area contributed by atoms with E-state index in [4.69, 9.17) is 5.73 Å². The van der Waals surface area contributed by atoms with Gasteiger partial charge in [-0.1, -0.05) is 24.3 Å². The van der Waals surface area contributed by atoms with Crippen molar-refractivity contribution in [2.45, 2.75) is 0 Å². The molecule has 20 heavy (non-hydrogen) atoms. The van der Waals surface area contributed by atoms with Crippen molar-refractivity contribution >= 4 is 27.8 Å². The summed E-state index contributed by atoms with van der Waals surface area (Å²) >= 11 is 0. The molecule has 3 aromatic heterocycles. The first-order valence-electron chi connectivity index (χ1n) is 6.12. The van der Waals surface area contributed by atoms with Gasteiger partial charge in [-0.05, 0) is 5.39 Å². The molecule has 3 heterocycles. The lowest BCUT2D eigenvalue weighted by molar-refractivity contribution is 1.09. The Hall–Kier alpha value is -3.02. The highest BCUT2D eigenvalue weighted by Crippen LogP contribution is 2.30. The SMILES string of the molecule is Nc1nc(-c2cncc3ccccc23)c2cn[nH]c2n1. The normalized spacial score (nSPS) is 11.2. The van der Waals surface area contributed by atoms with Crippen LogP contribution in [-0.2, 0) is 0 Å². The quantitative estimate of drug-likeness (QED) is 0.548. The number of aromatic nitrogens is 5. The molecule has 0 aliphatic rings. The van der Waals surface area contributed by atoms with E-state index in [1.807, 2.05) is 30.5 Å². The molecule has 6 nitrogen and oxygen atoms in total. The Balaban J connectivity index is 2.14. The van der Waals surface area contributed by atoms with E-state index in [9.17, 15) is 0 Å². The van der Waals surface area contributed by atoms with Crippen LogP contribution in [-0.4, -0.2) is 25.1 Å². The molecule has 4 rings (SSSR count). The van der Waals surface area contributed by atoms with Gasteiger partial charge in [0, 0.05) is 23.3 Å². The Bertz CT molecular complexity index is 922. The first-order chi connectivity index (χ1) is 9.83. The second-order valence-corrected chi connectivity index (χ2v) is 4.47. The van der Waals surface area contributed by atoms with Crippen LogP contribution in [0.4, 0.5) is 5.95 Å². The lowest BCUT2D eigenvalue weighted by atomic mass is 10.0. The zero-order valence-electron chi connectivity index (χ0n) is 10.4. The predicted octanol–water partition coefficient (Wildman–Crippen LogP) is 2.15. The molecule has 0 amide bonds. The van der Waals surface area contributed by atoms with Crippen LogP contribution in [0.25, 0.3) is 33.1 Å². The number of aromatic amines is 1. The van der Waals surface area contributed by atoms with E-state index in [-0.39, 0.29) is 5.95 Å². The monoisotopic (exact) mass is 262 g/mol. The minimum absolute atomic E-state index is 0.213. The second-order valence-electron chi connectivity index (χ2n) is 4.47. The van der Waals surface area contributed by atoms with Crippen molar-refractivity contribution in [2.75, 3.05) is 5.73 Å². The Morgan fingerprint density at radius 1 is 0.950 bits per heavy atom. The van der Waals surface area contributed by atoms with E-state index in [0.29, 0.717) is 5.65 Å². The maximum atomic E-state index is 5.77. The number of H-pyrrole nitrogens is 1. The number of benzene rings is 1. The number of pyridine rings is 1. The number of fused-ring (bicyclic) bond motifs is 2. The molecule has 0 saturated carbocycles. The average molecular weight is 262 g/mol. The molecule has 6 heteroatoms. The summed E-state index contributed by atoms with van der Waals surface area (Å²) in [7, 11) is 0. The molecule has 3 N–H and O–H groups in total. The molecule has 0 aliphatic heterocycles. The van der Waals surface area contributed by atoms with Crippen molar-refractivity contribution in [2.24, 2.45) is 0 Å². The smallest absolute Gasteiger partial charge is 0.222 e. The molecule has 4 aromatic rings. The van der Waals surface area contributed by atoms with Gasteiger partial charge in [-0.25, -0.2) is 4.98 Å². The first kappa shape index (κ1) is 10.9.